The van der Waals surface area contributed by atoms with Crippen molar-refractivity contribution in [1.29, 1.82) is 0 Å². The van der Waals surface area contributed by atoms with Gasteiger partial charge < -0.3 is 5.32 Å². The van der Waals surface area contributed by atoms with E-state index in [2.05, 4.69) is 11.4 Å². The summed E-state index contributed by atoms with van der Waals surface area (Å²) in [6, 6.07) is 19.7. The number of benzene rings is 2. The summed E-state index contributed by atoms with van der Waals surface area (Å²) in [5.74, 6) is -0.119. The second-order valence-electron chi connectivity index (χ2n) is 6.38. The van der Waals surface area contributed by atoms with Gasteiger partial charge in [0.05, 0.1) is 21.7 Å². The minimum Gasteiger partial charge on any atom is -0.322 e. The van der Waals surface area contributed by atoms with E-state index in [0.717, 1.165) is 38.3 Å². The van der Waals surface area contributed by atoms with Crippen molar-refractivity contribution in [3.05, 3.63) is 82.7 Å². The van der Waals surface area contributed by atoms with Crippen LogP contribution in [0.4, 0.5) is 5.69 Å². The zero-order valence-electron chi connectivity index (χ0n) is 14.6. The zero-order valence-corrected chi connectivity index (χ0v) is 15.4. The Bertz CT molecular complexity index is 1080. The topological polar surface area (TPSA) is 42.0 Å². The third kappa shape index (κ3) is 3.24. The Balaban J connectivity index is 1.80. The predicted molar refractivity (Wildman–Crippen MR) is 109 cm³/mol. The van der Waals surface area contributed by atoms with E-state index >= 15 is 0 Å². The SMILES string of the molecule is Cc1cc(C)cc(NC(=O)c2cc(-c3cccs3)nc3ccccc23)c1. The minimum absolute atomic E-state index is 0.119. The number of anilines is 1. The van der Waals surface area contributed by atoms with E-state index < -0.39 is 0 Å². The molecule has 2 aromatic carbocycles. The van der Waals surface area contributed by atoms with E-state index in [0.29, 0.717) is 5.56 Å². The highest BCUT2D eigenvalue weighted by Crippen LogP contribution is 2.28. The lowest BCUT2D eigenvalue weighted by Gasteiger charge is -2.11. The fourth-order valence-corrected chi connectivity index (χ4v) is 3.85. The lowest BCUT2D eigenvalue weighted by molar-refractivity contribution is 0.102. The number of nitrogens with one attached hydrogen (secondary N) is 1. The lowest BCUT2D eigenvalue weighted by Crippen LogP contribution is -2.13. The van der Waals surface area contributed by atoms with E-state index in [1.165, 1.54) is 0 Å². The van der Waals surface area contributed by atoms with Gasteiger partial charge in [-0.15, -0.1) is 11.3 Å². The number of rotatable bonds is 3. The molecule has 0 aliphatic carbocycles. The normalized spacial score (nSPS) is 10.8. The number of para-hydroxylation sites is 1. The van der Waals surface area contributed by atoms with Gasteiger partial charge in [0.2, 0.25) is 0 Å². The molecule has 26 heavy (non-hydrogen) atoms. The quantitative estimate of drug-likeness (QED) is 0.500. The lowest BCUT2D eigenvalue weighted by atomic mass is 10.1. The predicted octanol–water partition coefficient (Wildman–Crippen LogP) is 5.83. The number of nitrogens with zero attached hydrogens (tertiary/aromatic N) is 1. The minimum atomic E-state index is -0.119. The highest BCUT2D eigenvalue weighted by molar-refractivity contribution is 7.13. The van der Waals surface area contributed by atoms with Crippen molar-refractivity contribution < 1.29 is 4.79 Å². The van der Waals surface area contributed by atoms with Crippen molar-refractivity contribution in [3.63, 3.8) is 0 Å². The van der Waals surface area contributed by atoms with Crippen LogP contribution in [-0.4, -0.2) is 10.9 Å². The summed E-state index contributed by atoms with van der Waals surface area (Å²) in [4.78, 5) is 18.8. The number of hydrogen-bond acceptors (Lipinski definition) is 3. The van der Waals surface area contributed by atoms with Crippen molar-refractivity contribution >= 4 is 33.8 Å². The van der Waals surface area contributed by atoms with E-state index in [1.807, 2.05) is 73.8 Å². The summed E-state index contributed by atoms with van der Waals surface area (Å²) in [5, 5.41) is 5.91. The molecule has 128 valence electrons. The van der Waals surface area contributed by atoms with Crippen molar-refractivity contribution in [2.45, 2.75) is 13.8 Å². The van der Waals surface area contributed by atoms with Crippen molar-refractivity contribution in [1.82, 2.24) is 4.98 Å². The van der Waals surface area contributed by atoms with Gasteiger partial charge in [-0.1, -0.05) is 30.3 Å². The van der Waals surface area contributed by atoms with Crippen LogP contribution in [0.25, 0.3) is 21.5 Å². The number of carbonyl (C=O) groups is 1. The molecule has 1 N–H and O–H groups in total. The first-order chi connectivity index (χ1) is 12.6. The van der Waals surface area contributed by atoms with Gasteiger partial charge in [-0.3, -0.25) is 4.79 Å². The maximum absolute atomic E-state index is 13.0. The second-order valence-corrected chi connectivity index (χ2v) is 7.33. The molecule has 0 radical (unpaired) electrons. The number of pyridine rings is 1. The second kappa shape index (κ2) is 6.73. The first-order valence-corrected chi connectivity index (χ1v) is 9.31. The number of hydrogen-bond donors (Lipinski definition) is 1. The van der Waals surface area contributed by atoms with Gasteiger partial charge in [0.25, 0.3) is 5.91 Å². The van der Waals surface area contributed by atoms with Crippen LogP contribution in [0.15, 0.2) is 66.0 Å². The van der Waals surface area contributed by atoms with Crippen molar-refractivity contribution in [2.75, 3.05) is 5.32 Å². The van der Waals surface area contributed by atoms with E-state index in [4.69, 9.17) is 4.98 Å². The van der Waals surface area contributed by atoms with Crippen LogP contribution in [-0.2, 0) is 0 Å². The molecule has 2 aromatic heterocycles. The molecule has 4 rings (SSSR count). The standard InChI is InChI=1S/C22H18N2OS/c1-14-10-15(2)12-16(11-14)23-22(25)18-13-20(21-8-5-9-26-21)24-19-7-4-3-6-17(18)19/h3-13H,1-2H3,(H,23,25). The van der Waals surface area contributed by atoms with Gasteiger partial charge in [0.15, 0.2) is 0 Å². The fraction of sp³-hybridized carbons (Fsp3) is 0.0909. The van der Waals surface area contributed by atoms with Gasteiger partial charge in [-0.2, -0.15) is 0 Å². The summed E-state index contributed by atoms with van der Waals surface area (Å²) in [7, 11) is 0. The fourth-order valence-electron chi connectivity index (χ4n) is 3.16. The largest absolute Gasteiger partial charge is 0.322 e. The number of aryl methyl sites for hydroxylation is 2. The van der Waals surface area contributed by atoms with Gasteiger partial charge in [0.1, 0.15) is 0 Å². The Morgan fingerprint density at radius 2 is 1.73 bits per heavy atom. The molecule has 3 nitrogen and oxygen atoms in total. The summed E-state index contributed by atoms with van der Waals surface area (Å²) in [6.07, 6.45) is 0. The number of thiophene rings is 1. The summed E-state index contributed by atoms with van der Waals surface area (Å²) in [6.45, 7) is 4.05. The Labute approximate surface area is 156 Å². The molecule has 0 bridgehead atoms. The van der Waals surface area contributed by atoms with E-state index in [9.17, 15) is 4.79 Å². The maximum atomic E-state index is 13.0. The van der Waals surface area contributed by atoms with Gasteiger partial charge >= 0.3 is 0 Å². The molecule has 0 aliphatic rings. The molecule has 0 saturated heterocycles. The van der Waals surface area contributed by atoms with E-state index in [1.54, 1.807) is 11.3 Å². The molecule has 1 amide bonds. The van der Waals surface area contributed by atoms with Gasteiger partial charge in [-0.05, 0) is 60.7 Å². The molecule has 4 aromatic rings. The number of carbonyl (C=O) groups excluding carboxylic acids is 1. The van der Waals surface area contributed by atoms with Crippen LogP contribution in [0.5, 0.6) is 0 Å². The van der Waals surface area contributed by atoms with Crippen LogP contribution >= 0.6 is 11.3 Å². The Morgan fingerprint density at radius 1 is 0.962 bits per heavy atom. The Hall–Kier alpha value is -2.98. The summed E-state index contributed by atoms with van der Waals surface area (Å²) < 4.78 is 0. The van der Waals surface area contributed by atoms with Crippen molar-refractivity contribution in [2.24, 2.45) is 0 Å². The molecule has 2 heterocycles. The summed E-state index contributed by atoms with van der Waals surface area (Å²) >= 11 is 1.62. The van der Waals surface area contributed by atoms with Crippen molar-refractivity contribution in [3.8, 4) is 10.6 Å². The highest BCUT2D eigenvalue weighted by atomic mass is 32.1. The van der Waals surface area contributed by atoms with E-state index in [-0.39, 0.29) is 5.91 Å². The van der Waals surface area contributed by atoms with Crippen LogP contribution in [0.2, 0.25) is 0 Å². The molecule has 0 spiro atoms. The molecule has 0 aliphatic heterocycles. The highest BCUT2D eigenvalue weighted by Gasteiger charge is 2.14. The molecule has 0 saturated carbocycles. The Morgan fingerprint density at radius 3 is 2.46 bits per heavy atom. The van der Waals surface area contributed by atoms with Crippen LogP contribution < -0.4 is 5.32 Å². The molecule has 0 unspecified atom stereocenters. The third-order valence-corrected chi connectivity index (χ3v) is 5.11. The van der Waals surface area contributed by atoms with Crippen LogP contribution in [0.1, 0.15) is 21.5 Å². The van der Waals surface area contributed by atoms with Crippen LogP contribution in [0.3, 0.4) is 0 Å². The van der Waals surface area contributed by atoms with Gasteiger partial charge in [0, 0.05) is 11.1 Å². The molecule has 4 heteroatoms. The smallest absolute Gasteiger partial charge is 0.256 e. The average molecular weight is 358 g/mol. The molecular formula is C22H18N2OS. The number of amides is 1. The third-order valence-electron chi connectivity index (χ3n) is 4.21. The first kappa shape index (κ1) is 16.5. The Kier molecular flexibility index (Phi) is 4.27. The van der Waals surface area contributed by atoms with Gasteiger partial charge in [-0.25, -0.2) is 4.98 Å². The average Bonchev–Trinajstić information content (AvgIpc) is 3.14. The number of aromatic nitrogens is 1. The zero-order chi connectivity index (χ0) is 18.1. The number of fused-ring (bicyclic) bond motifs is 1. The molecular weight excluding hydrogens is 340 g/mol. The van der Waals surface area contributed by atoms with Crippen LogP contribution in [0, 0.1) is 13.8 Å². The molecule has 0 fully saturated rings. The molecule has 0 atom stereocenters. The summed E-state index contributed by atoms with van der Waals surface area (Å²) in [5.41, 5.74) is 5.34. The first-order valence-electron chi connectivity index (χ1n) is 8.43. The monoisotopic (exact) mass is 358 g/mol. The maximum Gasteiger partial charge on any atom is 0.256 e.